The summed E-state index contributed by atoms with van der Waals surface area (Å²) in [6, 6.07) is 12.1. The molecule has 7 heteroatoms. The predicted molar refractivity (Wildman–Crippen MR) is 112 cm³/mol. The Morgan fingerprint density at radius 3 is 2.57 bits per heavy atom. The third-order valence-electron chi connectivity index (χ3n) is 5.76. The van der Waals surface area contributed by atoms with E-state index in [1.165, 1.54) is 20.3 Å². The second kappa shape index (κ2) is 7.74. The summed E-state index contributed by atoms with van der Waals surface area (Å²) in [6.45, 7) is 1.88. The number of phenolic OH excluding ortho intramolecular Hbond substituents is 1. The highest BCUT2D eigenvalue weighted by Gasteiger charge is 2.44. The molecule has 0 bridgehead atoms. The van der Waals surface area contributed by atoms with Gasteiger partial charge in [0.05, 0.1) is 31.6 Å². The summed E-state index contributed by atoms with van der Waals surface area (Å²) in [4.78, 5) is 26.0. The van der Waals surface area contributed by atoms with Crippen molar-refractivity contribution >= 4 is 23.1 Å². The second-order valence-corrected chi connectivity index (χ2v) is 7.62. The van der Waals surface area contributed by atoms with Gasteiger partial charge in [-0.3, -0.25) is 9.59 Å². The van der Waals surface area contributed by atoms with Gasteiger partial charge in [-0.05, 0) is 42.2 Å². The van der Waals surface area contributed by atoms with Gasteiger partial charge in [-0.15, -0.1) is 0 Å². The van der Waals surface area contributed by atoms with Crippen LogP contribution in [0.1, 0.15) is 24.9 Å². The molecule has 3 N–H and O–H groups in total. The molecule has 0 saturated carbocycles. The molecule has 7 nitrogen and oxygen atoms in total. The maximum Gasteiger partial charge on any atom is 0.316 e. The van der Waals surface area contributed by atoms with Gasteiger partial charge in [0, 0.05) is 11.3 Å². The third-order valence-corrected chi connectivity index (χ3v) is 5.76. The molecule has 0 fully saturated rings. The van der Waals surface area contributed by atoms with Crippen LogP contribution in [0.25, 0.3) is 0 Å². The number of phenols is 1. The molecule has 4 rings (SSSR count). The fourth-order valence-corrected chi connectivity index (χ4v) is 4.26. The number of hydrogen-bond donors (Lipinski definition) is 3. The van der Waals surface area contributed by atoms with Crippen molar-refractivity contribution in [2.24, 2.45) is 11.8 Å². The van der Waals surface area contributed by atoms with E-state index in [0.717, 1.165) is 22.6 Å². The number of rotatable bonds is 3. The van der Waals surface area contributed by atoms with Crippen LogP contribution in [0.15, 0.2) is 53.7 Å². The molecular formula is C23H24N2O5. The van der Waals surface area contributed by atoms with Crippen molar-refractivity contribution in [3.05, 3.63) is 59.3 Å². The Bertz CT molecular complexity index is 1050. The summed E-state index contributed by atoms with van der Waals surface area (Å²) in [5, 5.41) is 16.9. The number of anilines is 2. The number of para-hydroxylation sites is 2. The lowest BCUT2D eigenvalue weighted by atomic mass is 9.75. The van der Waals surface area contributed by atoms with E-state index in [1.54, 1.807) is 12.1 Å². The lowest BCUT2D eigenvalue weighted by Gasteiger charge is -2.32. The number of allylic oxidation sites excluding steroid dienone is 1. The van der Waals surface area contributed by atoms with Gasteiger partial charge in [0.1, 0.15) is 5.92 Å². The predicted octanol–water partition coefficient (Wildman–Crippen LogP) is 3.63. The van der Waals surface area contributed by atoms with E-state index in [-0.39, 0.29) is 17.5 Å². The molecule has 2 aliphatic rings. The van der Waals surface area contributed by atoms with E-state index in [2.05, 4.69) is 10.6 Å². The first kappa shape index (κ1) is 19.8. The van der Waals surface area contributed by atoms with Gasteiger partial charge in [0.2, 0.25) is 0 Å². The second-order valence-electron chi connectivity index (χ2n) is 7.62. The summed E-state index contributed by atoms with van der Waals surface area (Å²) in [5.41, 5.74) is 3.70. The van der Waals surface area contributed by atoms with E-state index in [9.17, 15) is 14.7 Å². The number of methoxy groups -OCH3 is 2. The van der Waals surface area contributed by atoms with Crippen LogP contribution < -0.4 is 15.4 Å². The fraction of sp³-hybridized carbons (Fsp3) is 0.304. The van der Waals surface area contributed by atoms with E-state index < -0.39 is 17.9 Å². The van der Waals surface area contributed by atoms with Crippen molar-refractivity contribution in [1.29, 1.82) is 0 Å². The molecule has 1 aliphatic heterocycles. The molecule has 0 amide bonds. The Morgan fingerprint density at radius 1 is 1.13 bits per heavy atom. The first-order chi connectivity index (χ1) is 14.4. The van der Waals surface area contributed by atoms with E-state index in [0.29, 0.717) is 17.7 Å². The highest BCUT2D eigenvalue weighted by Crippen LogP contribution is 2.44. The zero-order valence-corrected chi connectivity index (χ0v) is 17.1. The normalized spacial score (nSPS) is 22.8. The number of carbonyl (C=O) groups excluding carboxylic acids is 2. The summed E-state index contributed by atoms with van der Waals surface area (Å²) in [5.74, 6) is -1.53. The molecule has 2 aromatic carbocycles. The minimum Gasteiger partial charge on any atom is -0.504 e. The van der Waals surface area contributed by atoms with Crippen molar-refractivity contribution in [2.75, 3.05) is 24.9 Å². The highest BCUT2D eigenvalue weighted by atomic mass is 16.5. The van der Waals surface area contributed by atoms with Crippen LogP contribution in [-0.4, -0.2) is 31.1 Å². The van der Waals surface area contributed by atoms with Crippen molar-refractivity contribution < 1.29 is 24.2 Å². The standard InChI is InChI=1S/C23H24N2O5/c1-12-10-16-20(22(27)19(12)23(28)30-3)21(13-8-9-17(26)18(11-13)29-2)25-15-7-5-4-6-14(15)24-16/h4-9,11-12,19,21,24-26H,10H2,1-3H3/t12-,19-,21-/m0/s1. The summed E-state index contributed by atoms with van der Waals surface area (Å²) < 4.78 is 10.2. The molecule has 0 radical (unpaired) electrons. The first-order valence-corrected chi connectivity index (χ1v) is 9.79. The van der Waals surface area contributed by atoms with Crippen molar-refractivity contribution in [3.63, 3.8) is 0 Å². The molecule has 1 aliphatic carbocycles. The number of aromatic hydroxyl groups is 1. The molecule has 156 valence electrons. The van der Waals surface area contributed by atoms with Crippen LogP contribution >= 0.6 is 0 Å². The van der Waals surface area contributed by atoms with Gasteiger partial charge < -0.3 is 25.2 Å². The quantitative estimate of drug-likeness (QED) is 0.527. The molecular weight excluding hydrogens is 384 g/mol. The van der Waals surface area contributed by atoms with Crippen molar-refractivity contribution in [1.82, 2.24) is 0 Å². The number of hydrogen-bond acceptors (Lipinski definition) is 7. The zero-order chi connectivity index (χ0) is 21.4. The molecule has 1 heterocycles. The lowest BCUT2D eigenvalue weighted by Crippen LogP contribution is -2.39. The van der Waals surface area contributed by atoms with Crippen LogP contribution in [0.5, 0.6) is 11.5 Å². The topological polar surface area (TPSA) is 96.9 Å². The summed E-state index contributed by atoms with van der Waals surface area (Å²) >= 11 is 0. The van der Waals surface area contributed by atoms with E-state index in [1.807, 2.05) is 31.2 Å². The summed E-state index contributed by atoms with van der Waals surface area (Å²) in [7, 11) is 2.77. The molecule has 0 unspecified atom stereocenters. The van der Waals surface area contributed by atoms with E-state index in [4.69, 9.17) is 9.47 Å². The number of esters is 1. The molecule has 3 atom stereocenters. The SMILES string of the molecule is COC(=O)[C@@H]1C(=O)C2=C(C[C@@H]1C)Nc1ccccc1N[C@H]2c1ccc(O)c(OC)c1. The van der Waals surface area contributed by atoms with Gasteiger partial charge in [0.25, 0.3) is 0 Å². The Hall–Kier alpha value is -3.48. The highest BCUT2D eigenvalue weighted by molar-refractivity contribution is 6.11. The van der Waals surface area contributed by atoms with Crippen LogP contribution in [0.3, 0.4) is 0 Å². The minimum atomic E-state index is -0.861. The molecule has 2 aromatic rings. The Labute approximate surface area is 174 Å². The maximum atomic E-state index is 13.6. The number of benzene rings is 2. The third kappa shape index (κ3) is 3.26. The number of nitrogens with one attached hydrogen (secondary N) is 2. The minimum absolute atomic E-state index is 0.0126. The Morgan fingerprint density at radius 2 is 1.87 bits per heavy atom. The number of ketones is 1. The van der Waals surface area contributed by atoms with Gasteiger partial charge in [0.15, 0.2) is 17.3 Å². The van der Waals surface area contributed by atoms with Gasteiger partial charge in [-0.1, -0.05) is 25.1 Å². The lowest BCUT2D eigenvalue weighted by molar-refractivity contribution is -0.151. The largest absolute Gasteiger partial charge is 0.504 e. The van der Waals surface area contributed by atoms with Crippen molar-refractivity contribution in [3.8, 4) is 11.5 Å². The van der Waals surface area contributed by atoms with Crippen LogP contribution in [0.2, 0.25) is 0 Å². The van der Waals surface area contributed by atoms with Crippen LogP contribution in [0, 0.1) is 11.8 Å². The Balaban J connectivity index is 1.89. The monoisotopic (exact) mass is 408 g/mol. The van der Waals surface area contributed by atoms with E-state index >= 15 is 0 Å². The first-order valence-electron chi connectivity index (χ1n) is 9.79. The number of carbonyl (C=O) groups is 2. The molecule has 0 spiro atoms. The molecule has 0 aromatic heterocycles. The van der Waals surface area contributed by atoms with Crippen LogP contribution in [-0.2, 0) is 14.3 Å². The number of fused-ring (bicyclic) bond motifs is 1. The number of ether oxygens (including phenoxy) is 2. The molecule has 30 heavy (non-hydrogen) atoms. The van der Waals surface area contributed by atoms with Crippen LogP contribution in [0.4, 0.5) is 11.4 Å². The van der Waals surface area contributed by atoms with Gasteiger partial charge in [-0.25, -0.2) is 0 Å². The average molecular weight is 408 g/mol. The average Bonchev–Trinajstić information content (AvgIpc) is 2.90. The fourth-order valence-electron chi connectivity index (χ4n) is 4.26. The Kier molecular flexibility index (Phi) is 5.11. The van der Waals surface area contributed by atoms with Gasteiger partial charge in [-0.2, -0.15) is 0 Å². The number of Topliss-reactive ketones (excluding diaryl/α,β-unsaturated/α-hetero) is 1. The smallest absolute Gasteiger partial charge is 0.316 e. The maximum absolute atomic E-state index is 13.6. The van der Waals surface area contributed by atoms with Crippen molar-refractivity contribution in [2.45, 2.75) is 19.4 Å². The van der Waals surface area contributed by atoms with Gasteiger partial charge >= 0.3 is 5.97 Å². The zero-order valence-electron chi connectivity index (χ0n) is 17.1. The molecule has 0 saturated heterocycles. The summed E-state index contributed by atoms with van der Waals surface area (Å²) in [6.07, 6.45) is 0.530.